The van der Waals surface area contributed by atoms with Crippen LogP contribution in [0.1, 0.15) is 40.5 Å². The fraction of sp³-hybridized carbons (Fsp3) is 0.923. The highest BCUT2D eigenvalue weighted by Gasteiger charge is 2.27. The number of piperidine rings is 1. The molecule has 16 heavy (non-hydrogen) atoms. The van der Waals surface area contributed by atoms with Gasteiger partial charge in [0.15, 0.2) is 0 Å². The molecule has 0 aromatic heterocycles. The maximum Gasteiger partial charge on any atom is 0.237 e. The van der Waals surface area contributed by atoms with Crippen LogP contribution in [0, 0.1) is 17.8 Å². The Bertz CT molecular complexity index is 228. The van der Waals surface area contributed by atoms with Crippen molar-refractivity contribution in [3.8, 4) is 0 Å². The van der Waals surface area contributed by atoms with E-state index in [4.69, 9.17) is 0 Å². The first kappa shape index (κ1) is 13.5. The molecule has 0 aromatic rings. The van der Waals surface area contributed by atoms with Crippen molar-refractivity contribution in [2.24, 2.45) is 17.8 Å². The SMILES string of the molecule is CC(C)C(C)CNC(=O)C1NCCCC1C. The summed E-state index contributed by atoms with van der Waals surface area (Å²) in [7, 11) is 0. The summed E-state index contributed by atoms with van der Waals surface area (Å²) >= 11 is 0. The Labute approximate surface area is 99.4 Å². The molecule has 0 aromatic carbocycles. The van der Waals surface area contributed by atoms with E-state index >= 15 is 0 Å². The molecule has 0 radical (unpaired) electrons. The van der Waals surface area contributed by atoms with Gasteiger partial charge in [-0.2, -0.15) is 0 Å². The maximum atomic E-state index is 12.0. The number of hydrogen-bond acceptors (Lipinski definition) is 2. The Balaban J connectivity index is 2.33. The monoisotopic (exact) mass is 226 g/mol. The van der Waals surface area contributed by atoms with Gasteiger partial charge in [0.25, 0.3) is 0 Å². The Morgan fingerprint density at radius 3 is 2.69 bits per heavy atom. The molecule has 0 saturated carbocycles. The van der Waals surface area contributed by atoms with Crippen LogP contribution in [0.15, 0.2) is 0 Å². The Kier molecular flexibility index (Phi) is 5.26. The summed E-state index contributed by atoms with van der Waals surface area (Å²) in [5, 5.41) is 6.37. The third-order valence-electron chi connectivity index (χ3n) is 3.79. The number of hydrogen-bond donors (Lipinski definition) is 2. The highest BCUT2D eigenvalue weighted by molar-refractivity contribution is 5.82. The zero-order chi connectivity index (χ0) is 12.1. The average molecular weight is 226 g/mol. The van der Waals surface area contributed by atoms with Crippen LogP contribution in [-0.4, -0.2) is 25.0 Å². The van der Waals surface area contributed by atoms with Crippen molar-refractivity contribution in [3.63, 3.8) is 0 Å². The molecule has 1 aliphatic heterocycles. The molecule has 0 bridgehead atoms. The zero-order valence-corrected chi connectivity index (χ0v) is 11.0. The molecule has 2 N–H and O–H groups in total. The minimum absolute atomic E-state index is 0.0214. The summed E-state index contributed by atoms with van der Waals surface area (Å²) in [6, 6.07) is 0.0214. The van der Waals surface area contributed by atoms with Crippen molar-refractivity contribution in [2.75, 3.05) is 13.1 Å². The summed E-state index contributed by atoms with van der Waals surface area (Å²) in [5.74, 6) is 1.81. The lowest BCUT2D eigenvalue weighted by molar-refractivity contribution is -0.125. The molecule has 0 spiro atoms. The number of rotatable bonds is 4. The van der Waals surface area contributed by atoms with Gasteiger partial charge in [0, 0.05) is 6.54 Å². The van der Waals surface area contributed by atoms with Gasteiger partial charge >= 0.3 is 0 Å². The third kappa shape index (κ3) is 3.78. The van der Waals surface area contributed by atoms with Gasteiger partial charge in [-0.05, 0) is 37.1 Å². The van der Waals surface area contributed by atoms with E-state index in [0.717, 1.165) is 19.5 Å². The number of carbonyl (C=O) groups excluding carboxylic acids is 1. The van der Waals surface area contributed by atoms with Crippen LogP contribution in [0.4, 0.5) is 0 Å². The normalized spacial score (nSPS) is 27.8. The quantitative estimate of drug-likeness (QED) is 0.767. The van der Waals surface area contributed by atoms with Gasteiger partial charge in [-0.1, -0.05) is 27.7 Å². The molecule has 0 aliphatic carbocycles. The van der Waals surface area contributed by atoms with Gasteiger partial charge < -0.3 is 10.6 Å². The van der Waals surface area contributed by atoms with E-state index in [2.05, 4.69) is 38.3 Å². The fourth-order valence-electron chi connectivity index (χ4n) is 2.01. The van der Waals surface area contributed by atoms with Gasteiger partial charge in [0.1, 0.15) is 0 Å². The van der Waals surface area contributed by atoms with E-state index in [0.29, 0.717) is 17.8 Å². The summed E-state index contributed by atoms with van der Waals surface area (Å²) in [6.45, 7) is 10.5. The molecule has 3 heteroatoms. The molecule has 3 nitrogen and oxygen atoms in total. The number of carbonyl (C=O) groups is 1. The Hall–Kier alpha value is -0.570. The third-order valence-corrected chi connectivity index (χ3v) is 3.79. The average Bonchev–Trinajstić information content (AvgIpc) is 2.25. The lowest BCUT2D eigenvalue weighted by Crippen LogP contribution is -2.51. The van der Waals surface area contributed by atoms with E-state index in [1.54, 1.807) is 0 Å². The van der Waals surface area contributed by atoms with Crippen LogP contribution >= 0.6 is 0 Å². The second-order valence-electron chi connectivity index (χ2n) is 5.52. The predicted molar refractivity (Wildman–Crippen MR) is 67.2 cm³/mol. The van der Waals surface area contributed by atoms with Crippen molar-refractivity contribution in [1.82, 2.24) is 10.6 Å². The van der Waals surface area contributed by atoms with Crippen molar-refractivity contribution >= 4 is 5.91 Å². The first-order valence-corrected chi connectivity index (χ1v) is 6.53. The second kappa shape index (κ2) is 6.24. The van der Waals surface area contributed by atoms with E-state index in [9.17, 15) is 4.79 Å². The summed E-state index contributed by atoms with van der Waals surface area (Å²) in [4.78, 5) is 12.0. The van der Waals surface area contributed by atoms with Gasteiger partial charge in [-0.25, -0.2) is 0 Å². The van der Waals surface area contributed by atoms with Crippen LogP contribution in [0.2, 0.25) is 0 Å². The highest BCUT2D eigenvalue weighted by Crippen LogP contribution is 2.15. The lowest BCUT2D eigenvalue weighted by Gasteiger charge is -2.29. The zero-order valence-electron chi connectivity index (χ0n) is 11.0. The molecule has 1 fully saturated rings. The van der Waals surface area contributed by atoms with Crippen LogP contribution in [0.5, 0.6) is 0 Å². The van der Waals surface area contributed by atoms with E-state index in [-0.39, 0.29) is 11.9 Å². The van der Waals surface area contributed by atoms with Gasteiger partial charge in [-0.3, -0.25) is 4.79 Å². The molecular weight excluding hydrogens is 200 g/mol. The van der Waals surface area contributed by atoms with Crippen LogP contribution in [0.3, 0.4) is 0 Å². The van der Waals surface area contributed by atoms with Crippen molar-refractivity contribution < 1.29 is 4.79 Å². The summed E-state index contributed by atoms with van der Waals surface area (Å²) < 4.78 is 0. The number of amides is 1. The van der Waals surface area contributed by atoms with Gasteiger partial charge in [-0.15, -0.1) is 0 Å². The minimum Gasteiger partial charge on any atom is -0.354 e. The molecule has 3 unspecified atom stereocenters. The Morgan fingerprint density at radius 2 is 2.12 bits per heavy atom. The maximum absolute atomic E-state index is 12.0. The molecule has 1 saturated heterocycles. The fourth-order valence-corrected chi connectivity index (χ4v) is 2.01. The largest absolute Gasteiger partial charge is 0.354 e. The molecule has 1 rings (SSSR count). The lowest BCUT2D eigenvalue weighted by atomic mass is 9.92. The Morgan fingerprint density at radius 1 is 1.44 bits per heavy atom. The van der Waals surface area contributed by atoms with Crippen molar-refractivity contribution in [2.45, 2.75) is 46.6 Å². The van der Waals surface area contributed by atoms with E-state index in [1.807, 2.05) is 0 Å². The molecule has 1 amide bonds. The van der Waals surface area contributed by atoms with Gasteiger partial charge in [0.2, 0.25) is 5.91 Å². The number of nitrogens with one attached hydrogen (secondary N) is 2. The molecular formula is C13H26N2O. The second-order valence-corrected chi connectivity index (χ2v) is 5.52. The first-order chi connectivity index (χ1) is 7.52. The smallest absolute Gasteiger partial charge is 0.237 e. The topological polar surface area (TPSA) is 41.1 Å². The highest BCUT2D eigenvalue weighted by atomic mass is 16.2. The summed E-state index contributed by atoms with van der Waals surface area (Å²) in [6.07, 6.45) is 2.35. The van der Waals surface area contributed by atoms with Crippen LogP contribution in [-0.2, 0) is 4.79 Å². The van der Waals surface area contributed by atoms with E-state index in [1.165, 1.54) is 6.42 Å². The first-order valence-electron chi connectivity index (χ1n) is 6.53. The van der Waals surface area contributed by atoms with Crippen LogP contribution in [0.25, 0.3) is 0 Å². The van der Waals surface area contributed by atoms with Crippen molar-refractivity contribution in [3.05, 3.63) is 0 Å². The minimum atomic E-state index is 0.0214. The molecule has 1 heterocycles. The summed E-state index contributed by atoms with van der Waals surface area (Å²) in [5.41, 5.74) is 0. The molecule has 1 aliphatic rings. The van der Waals surface area contributed by atoms with E-state index < -0.39 is 0 Å². The molecule has 94 valence electrons. The standard InChI is InChI=1S/C13H26N2O/c1-9(2)11(4)8-15-13(16)12-10(3)6-5-7-14-12/h9-12,14H,5-8H2,1-4H3,(H,15,16). The predicted octanol–water partition coefficient (Wildman–Crippen LogP) is 1.78. The van der Waals surface area contributed by atoms with Crippen LogP contribution < -0.4 is 10.6 Å². The van der Waals surface area contributed by atoms with Gasteiger partial charge in [0.05, 0.1) is 6.04 Å². The molecule has 3 atom stereocenters. The van der Waals surface area contributed by atoms with Crippen molar-refractivity contribution in [1.29, 1.82) is 0 Å².